The van der Waals surface area contributed by atoms with E-state index in [1.165, 1.54) is 0 Å². The molecule has 0 fully saturated rings. The molecule has 0 aromatic rings. The first-order chi connectivity index (χ1) is 4.56. The third kappa shape index (κ3) is 2.27. The Hall–Kier alpha value is -0.0800. The molecule has 0 aromatic heterocycles. The normalized spacial score (nSPS) is 17.4. The fourth-order valence-corrected chi connectivity index (χ4v) is 1.02. The molecule has 0 aromatic carbocycles. The first-order valence-electron chi connectivity index (χ1n) is 3.96. The lowest BCUT2D eigenvalue weighted by Gasteiger charge is -2.31. The highest BCUT2D eigenvalue weighted by Crippen LogP contribution is 2.18. The van der Waals surface area contributed by atoms with Crippen molar-refractivity contribution in [2.24, 2.45) is 11.7 Å². The molecular formula is C8H19NO. The molecule has 10 heavy (non-hydrogen) atoms. The van der Waals surface area contributed by atoms with Gasteiger partial charge in [0.15, 0.2) is 0 Å². The average molecular weight is 145 g/mol. The van der Waals surface area contributed by atoms with Crippen molar-refractivity contribution in [3.63, 3.8) is 0 Å². The van der Waals surface area contributed by atoms with E-state index in [-0.39, 0.29) is 12.1 Å². The van der Waals surface area contributed by atoms with Crippen molar-refractivity contribution in [1.82, 2.24) is 0 Å². The fourth-order valence-electron chi connectivity index (χ4n) is 1.02. The third-order valence-corrected chi connectivity index (χ3v) is 2.16. The van der Waals surface area contributed by atoms with Crippen LogP contribution in [0.15, 0.2) is 0 Å². The number of hydrogen-bond donors (Lipinski definition) is 2. The van der Waals surface area contributed by atoms with E-state index in [0.717, 1.165) is 12.8 Å². The van der Waals surface area contributed by atoms with Crippen LogP contribution in [-0.4, -0.2) is 17.3 Å². The van der Waals surface area contributed by atoms with Crippen molar-refractivity contribution in [3.05, 3.63) is 0 Å². The van der Waals surface area contributed by atoms with Crippen LogP contribution in [0.4, 0.5) is 0 Å². The van der Waals surface area contributed by atoms with Crippen molar-refractivity contribution in [2.45, 2.75) is 39.2 Å². The van der Waals surface area contributed by atoms with E-state index in [0.29, 0.717) is 5.92 Å². The molecule has 0 aliphatic carbocycles. The Balaban J connectivity index is 3.94. The lowest BCUT2D eigenvalue weighted by Crippen LogP contribution is -2.48. The van der Waals surface area contributed by atoms with Crippen molar-refractivity contribution in [1.29, 1.82) is 0 Å². The third-order valence-electron chi connectivity index (χ3n) is 2.16. The number of nitrogens with two attached hydrogens (primary N) is 1. The molecule has 0 bridgehead atoms. The highest BCUT2D eigenvalue weighted by molar-refractivity contribution is 4.85. The van der Waals surface area contributed by atoms with Gasteiger partial charge < -0.3 is 10.8 Å². The van der Waals surface area contributed by atoms with Crippen molar-refractivity contribution in [3.8, 4) is 0 Å². The number of aliphatic hydroxyl groups is 1. The molecule has 0 aliphatic rings. The lowest BCUT2D eigenvalue weighted by atomic mass is 9.84. The summed E-state index contributed by atoms with van der Waals surface area (Å²) in [5.74, 6) is 0.359. The van der Waals surface area contributed by atoms with Gasteiger partial charge in [-0.15, -0.1) is 0 Å². The maximum absolute atomic E-state index is 8.96. The minimum Gasteiger partial charge on any atom is -0.394 e. The van der Waals surface area contributed by atoms with Crippen molar-refractivity contribution >= 4 is 0 Å². The molecule has 1 unspecified atom stereocenters. The van der Waals surface area contributed by atoms with Crippen LogP contribution in [0.25, 0.3) is 0 Å². The van der Waals surface area contributed by atoms with Crippen LogP contribution < -0.4 is 5.73 Å². The maximum Gasteiger partial charge on any atom is 0.0613 e. The number of rotatable bonds is 4. The van der Waals surface area contributed by atoms with Gasteiger partial charge in [-0.25, -0.2) is 0 Å². The summed E-state index contributed by atoms with van der Waals surface area (Å²) in [6.45, 7) is 6.27. The molecule has 0 amide bonds. The Morgan fingerprint density at radius 3 is 2.10 bits per heavy atom. The van der Waals surface area contributed by atoms with E-state index in [9.17, 15) is 0 Å². The molecule has 0 aliphatic heterocycles. The number of hydrogen-bond acceptors (Lipinski definition) is 2. The van der Waals surface area contributed by atoms with Crippen LogP contribution in [0, 0.1) is 5.92 Å². The predicted molar refractivity (Wildman–Crippen MR) is 43.8 cm³/mol. The molecule has 0 saturated heterocycles. The van der Waals surface area contributed by atoms with E-state index in [1.54, 1.807) is 0 Å². The van der Waals surface area contributed by atoms with Crippen LogP contribution in [0.2, 0.25) is 0 Å². The summed E-state index contributed by atoms with van der Waals surface area (Å²) < 4.78 is 0. The molecule has 0 spiro atoms. The molecular weight excluding hydrogens is 126 g/mol. The Bertz CT molecular complexity index is 93.3. The maximum atomic E-state index is 8.96. The zero-order chi connectivity index (χ0) is 8.20. The first kappa shape index (κ1) is 9.92. The summed E-state index contributed by atoms with van der Waals surface area (Å²) in [6, 6.07) is 0. The minimum atomic E-state index is -0.352. The second-order valence-corrected chi connectivity index (χ2v) is 3.30. The quantitative estimate of drug-likeness (QED) is 0.623. The van der Waals surface area contributed by atoms with Crippen LogP contribution in [0.3, 0.4) is 0 Å². The molecule has 2 nitrogen and oxygen atoms in total. The highest BCUT2D eigenvalue weighted by atomic mass is 16.3. The Kier molecular flexibility index (Phi) is 3.91. The molecule has 0 rings (SSSR count). The largest absolute Gasteiger partial charge is 0.394 e. The fraction of sp³-hybridized carbons (Fsp3) is 1.00. The van der Waals surface area contributed by atoms with Gasteiger partial charge in [-0.1, -0.05) is 27.2 Å². The Labute approximate surface area is 63.4 Å². The summed E-state index contributed by atoms with van der Waals surface area (Å²) in [4.78, 5) is 0. The molecule has 1 atom stereocenters. The van der Waals surface area contributed by atoms with Crippen LogP contribution in [0.1, 0.15) is 33.6 Å². The van der Waals surface area contributed by atoms with Gasteiger partial charge in [0.2, 0.25) is 0 Å². The van der Waals surface area contributed by atoms with Crippen LogP contribution in [-0.2, 0) is 0 Å². The van der Waals surface area contributed by atoms with Crippen LogP contribution in [0.5, 0.6) is 0 Å². The second-order valence-electron chi connectivity index (χ2n) is 3.30. The van der Waals surface area contributed by atoms with E-state index in [2.05, 4.69) is 6.92 Å². The predicted octanol–water partition coefficient (Wildman–Crippen LogP) is 1.13. The zero-order valence-corrected chi connectivity index (χ0v) is 7.22. The topological polar surface area (TPSA) is 46.2 Å². The lowest BCUT2D eigenvalue weighted by molar-refractivity contribution is 0.145. The smallest absolute Gasteiger partial charge is 0.0613 e. The standard InChI is InChI=1S/C8H19NO/c1-4-5-8(9,6-10)7(2)3/h7,10H,4-6,9H2,1-3H3. The summed E-state index contributed by atoms with van der Waals surface area (Å²) >= 11 is 0. The van der Waals surface area contributed by atoms with Gasteiger partial charge in [-0.05, 0) is 12.3 Å². The van der Waals surface area contributed by atoms with Gasteiger partial charge in [-0.3, -0.25) is 0 Å². The molecule has 3 N–H and O–H groups in total. The zero-order valence-electron chi connectivity index (χ0n) is 7.22. The minimum absolute atomic E-state index is 0.0957. The number of aliphatic hydroxyl groups excluding tert-OH is 1. The molecule has 0 radical (unpaired) electrons. The second kappa shape index (κ2) is 3.94. The van der Waals surface area contributed by atoms with E-state index < -0.39 is 0 Å². The van der Waals surface area contributed by atoms with Crippen molar-refractivity contribution in [2.75, 3.05) is 6.61 Å². The van der Waals surface area contributed by atoms with E-state index in [1.807, 2.05) is 13.8 Å². The van der Waals surface area contributed by atoms with Crippen molar-refractivity contribution < 1.29 is 5.11 Å². The summed E-state index contributed by atoms with van der Waals surface area (Å²) in [7, 11) is 0. The summed E-state index contributed by atoms with van der Waals surface area (Å²) in [5, 5.41) is 8.96. The van der Waals surface area contributed by atoms with Gasteiger partial charge >= 0.3 is 0 Å². The molecule has 0 saturated carbocycles. The van der Waals surface area contributed by atoms with Gasteiger partial charge in [0.1, 0.15) is 0 Å². The average Bonchev–Trinajstić information content (AvgIpc) is 1.88. The first-order valence-corrected chi connectivity index (χ1v) is 3.96. The van der Waals surface area contributed by atoms with Crippen LogP contribution >= 0.6 is 0 Å². The molecule has 0 heterocycles. The summed E-state index contributed by atoms with van der Waals surface area (Å²) in [6.07, 6.45) is 1.94. The van der Waals surface area contributed by atoms with Gasteiger partial charge in [0.25, 0.3) is 0 Å². The van der Waals surface area contributed by atoms with Gasteiger partial charge in [0, 0.05) is 5.54 Å². The molecule has 2 heteroatoms. The van der Waals surface area contributed by atoms with E-state index in [4.69, 9.17) is 10.8 Å². The Morgan fingerprint density at radius 1 is 1.50 bits per heavy atom. The highest BCUT2D eigenvalue weighted by Gasteiger charge is 2.26. The molecule has 62 valence electrons. The summed E-state index contributed by atoms with van der Waals surface area (Å²) in [5.41, 5.74) is 5.55. The van der Waals surface area contributed by atoms with Gasteiger partial charge in [0.05, 0.1) is 6.61 Å². The van der Waals surface area contributed by atoms with Gasteiger partial charge in [-0.2, -0.15) is 0 Å². The monoisotopic (exact) mass is 145 g/mol. The van der Waals surface area contributed by atoms with E-state index >= 15 is 0 Å². The Morgan fingerprint density at radius 2 is 2.00 bits per heavy atom. The SMILES string of the molecule is CCCC(N)(CO)C(C)C.